The SMILES string of the molecule is CC(C)c1noc(CCCC(=O)N2CCC(C(=O)c3ccc4c(c3)OCCO4)CC2)n1. The molecule has 1 saturated heterocycles. The quantitative estimate of drug-likeness (QED) is 0.625. The van der Waals surface area contributed by atoms with Gasteiger partial charge in [0.15, 0.2) is 23.1 Å². The van der Waals surface area contributed by atoms with Crippen molar-refractivity contribution in [1.82, 2.24) is 15.0 Å². The van der Waals surface area contributed by atoms with Crippen molar-refractivity contribution < 1.29 is 23.6 Å². The average Bonchev–Trinajstić information content (AvgIpc) is 3.27. The number of nitrogens with zero attached hydrogens (tertiary/aromatic N) is 3. The van der Waals surface area contributed by atoms with E-state index < -0.39 is 0 Å². The molecule has 0 aliphatic carbocycles. The lowest BCUT2D eigenvalue weighted by Gasteiger charge is -2.31. The zero-order chi connectivity index (χ0) is 21.8. The number of hydrogen-bond donors (Lipinski definition) is 0. The van der Waals surface area contributed by atoms with Gasteiger partial charge in [0.1, 0.15) is 13.2 Å². The topological polar surface area (TPSA) is 94.8 Å². The van der Waals surface area contributed by atoms with Crippen molar-refractivity contribution in [2.24, 2.45) is 5.92 Å². The standard InChI is InChI=1S/C23H29N3O5/c1-15(2)23-24-20(31-25-23)4-3-5-21(27)26-10-8-16(9-11-26)22(28)17-6-7-18-19(14-17)30-13-12-29-18/h6-7,14-16H,3-5,8-13H2,1-2H3. The van der Waals surface area contributed by atoms with E-state index in [1.54, 1.807) is 18.2 Å². The molecule has 166 valence electrons. The zero-order valence-electron chi connectivity index (χ0n) is 18.1. The van der Waals surface area contributed by atoms with E-state index in [0.29, 0.717) is 87.2 Å². The zero-order valence-corrected chi connectivity index (χ0v) is 18.1. The summed E-state index contributed by atoms with van der Waals surface area (Å²) in [5, 5.41) is 3.95. The van der Waals surface area contributed by atoms with Crippen molar-refractivity contribution in [2.45, 2.75) is 51.9 Å². The summed E-state index contributed by atoms with van der Waals surface area (Å²) in [5.41, 5.74) is 0.648. The highest BCUT2D eigenvalue weighted by Crippen LogP contribution is 2.32. The minimum absolute atomic E-state index is 0.0699. The van der Waals surface area contributed by atoms with E-state index in [2.05, 4.69) is 10.1 Å². The van der Waals surface area contributed by atoms with E-state index in [0.717, 1.165) is 0 Å². The van der Waals surface area contributed by atoms with Gasteiger partial charge in [0, 0.05) is 43.3 Å². The minimum Gasteiger partial charge on any atom is -0.486 e. The van der Waals surface area contributed by atoms with Crippen LogP contribution in [0.15, 0.2) is 22.7 Å². The van der Waals surface area contributed by atoms with E-state index in [9.17, 15) is 9.59 Å². The van der Waals surface area contributed by atoms with E-state index in [4.69, 9.17) is 14.0 Å². The van der Waals surface area contributed by atoms with Crippen LogP contribution in [0.2, 0.25) is 0 Å². The third kappa shape index (κ3) is 5.06. The Morgan fingerprint density at radius 2 is 1.87 bits per heavy atom. The molecule has 1 amide bonds. The van der Waals surface area contributed by atoms with Gasteiger partial charge in [-0.25, -0.2) is 0 Å². The summed E-state index contributed by atoms with van der Waals surface area (Å²) in [6, 6.07) is 5.38. The first kappa shape index (κ1) is 21.3. The Labute approximate surface area is 181 Å². The second-order valence-corrected chi connectivity index (χ2v) is 8.43. The molecule has 1 fully saturated rings. The molecule has 0 saturated carbocycles. The number of rotatable bonds is 7. The van der Waals surface area contributed by atoms with Gasteiger partial charge in [0.2, 0.25) is 11.8 Å². The summed E-state index contributed by atoms with van der Waals surface area (Å²) in [6.45, 7) is 6.27. The normalized spacial score (nSPS) is 16.5. The molecule has 0 unspecified atom stereocenters. The second kappa shape index (κ2) is 9.49. The fraction of sp³-hybridized carbons (Fsp3) is 0.565. The van der Waals surface area contributed by atoms with Crippen molar-refractivity contribution in [3.63, 3.8) is 0 Å². The van der Waals surface area contributed by atoms with E-state index in [1.165, 1.54) is 0 Å². The molecule has 3 heterocycles. The molecule has 0 spiro atoms. The second-order valence-electron chi connectivity index (χ2n) is 8.43. The van der Waals surface area contributed by atoms with Crippen LogP contribution in [0.25, 0.3) is 0 Å². The van der Waals surface area contributed by atoms with Crippen molar-refractivity contribution in [3.8, 4) is 11.5 Å². The molecule has 0 bridgehead atoms. The van der Waals surface area contributed by atoms with Gasteiger partial charge >= 0.3 is 0 Å². The lowest BCUT2D eigenvalue weighted by atomic mass is 9.88. The first-order valence-corrected chi connectivity index (χ1v) is 11.1. The van der Waals surface area contributed by atoms with Crippen molar-refractivity contribution in [3.05, 3.63) is 35.5 Å². The smallest absolute Gasteiger partial charge is 0.226 e. The number of amides is 1. The molecule has 0 atom stereocenters. The molecule has 2 aromatic rings. The number of fused-ring (bicyclic) bond motifs is 1. The predicted octanol–water partition coefficient (Wildman–Crippen LogP) is 3.41. The largest absolute Gasteiger partial charge is 0.486 e. The van der Waals surface area contributed by atoms with Crippen LogP contribution < -0.4 is 9.47 Å². The number of carbonyl (C=O) groups excluding carboxylic acids is 2. The van der Waals surface area contributed by atoms with Gasteiger partial charge in [-0.15, -0.1) is 0 Å². The molecule has 2 aliphatic heterocycles. The van der Waals surface area contributed by atoms with Crippen LogP contribution >= 0.6 is 0 Å². The number of aryl methyl sites for hydroxylation is 1. The van der Waals surface area contributed by atoms with Gasteiger partial charge in [-0.05, 0) is 37.5 Å². The fourth-order valence-electron chi connectivity index (χ4n) is 3.98. The van der Waals surface area contributed by atoms with Gasteiger partial charge in [0.25, 0.3) is 0 Å². The lowest BCUT2D eigenvalue weighted by molar-refractivity contribution is -0.132. The van der Waals surface area contributed by atoms with Crippen LogP contribution in [0, 0.1) is 5.92 Å². The Balaban J connectivity index is 1.23. The van der Waals surface area contributed by atoms with Gasteiger partial charge in [0.05, 0.1) is 0 Å². The number of aromatic nitrogens is 2. The van der Waals surface area contributed by atoms with Crippen LogP contribution in [-0.2, 0) is 11.2 Å². The van der Waals surface area contributed by atoms with Gasteiger partial charge in [-0.2, -0.15) is 4.98 Å². The molecule has 31 heavy (non-hydrogen) atoms. The summed E-state index contributed by atoms with van der Waals surface area (Å²) in [5.74, 6) is 2.99. The van der Waals surface area contributed by atoms with Crippen molar-refractivity contribution in [2.75, 3.05) is 26.3 Å². The number of carbonyl (C=O) groups is 2. The summed E-state index contributed by atoms with van der Waals surface area (Å²) in [7, 11) is 0. The number of ketones is 1. The molecule has 2 aliphatic rings. The fourth-order valence-corrected chi connectivity index (χ4v) is 3.98. The Hall–Kier alpha value is -2.90. The molecular weight excluding hydrogens is 398 g/mol. The van der Waals surface area contributed by atoms with Crippen LogP contribution in [0.1, 0.15) is 67.5 Å². The van der Waals surface area contributed by atoms with Crippen LogP contribution in [0.4, 0.5) is 0 Å². The number of likely N-dealkylation sites (tertiary alicyclic amines) is 1. The highest BCUT2D eigenvalue weighted by molar-refractivity contribution is 5.98. The first-order chi connectivity index (χ1) is 15.0. The van der Waals surface area contributed by atoms with E-state index >= 15 is 0 Å². The molecule has 1 aromatic heterocycles. The molecule has 1 aromatic carbocycles. The Kier molecular flexibility index (Phi) is 6.53. The molecule has 0 radical (unpaired) electrons. The Bertz CT molecular complexity index is 931. The van der Waals surface area contributed by atoms with Crippen LogP contribution in [-0.4, -0.2) is 53.0 Å². The maximum absolute atomic E-state index is 12.9. The highest BCUT2D eigenvalue weighted by atomic mass is 16.6. The number of piperidine rings is 1. The predicted molar refractivity (Wildman–Crippen MR) is 112 cm³/mol. The number of Topliss-reactive ketones (excluding diaryl/α,β-unsaturated/α-hetero) is 1. The van der Waals surface area contributed by atoms with E-state index in [1.807, 2.05) is 18.7 Å². The van der Waals surface area contributed by atoms with Gasteiger partial charge in [-0.1, -0.05) is 19.0 Å². The van der Waals surface area contributed by atoms with E-state index in [-0.39, 0.29) is 23.5 Å². The number of benzene rings is 1. The summed E-state index contributed by atoms with van der Waals surface area (Å²) >= 11 is 0. The molecule has 0 N–H and O–H groups in total. The molecule has 4 rings (SSSR count). The Morgan fingerprint density at radius 3 is 2.58 bits per heavy atom. The third-order valence-electron chi connectivity index (χ3n) is 5.83. The summed E-state index contributed by atoms with van der Waals surface area (Å²) in [4.78, 5) is 31.7. The van der Waals surface area contributed by atoms with Crippen molar-refractivity contribution >= 4 is 11.7 Å². The highest BCUT2D eigenvalue weighted by Gasteiger charge is 2.28. The summed E-state index contributed by atoms with van der Waals surface area (Å²) in [6.07, 6.45) is 3.08. The average molecular weight is 428 g/mol. The maximum Gasteiger partial charge on any atom is 0.226 e. The van der Waals surface area contributed by atoms with Crippen molar-refractivity contribution in [1.29, 1.82) is 0 Å². The number of ether oxygens (including phenoxy) is 2. The lowest BCUT2D eigenvalue weighted by Crippen LogP contribution is -2.40. The minimum atomic E-state index is -0.0699. The van der Waals surface area contributed by atoms with Gasteiger partial charge in [-0.3, -0.25) is 9.59 Å². The number of hydrogen-bond acceptors (Lipinski definition) is 7. The van der Waals surface area contributed by atoms with Gasteiger partial charge < -0.3 is 18.9 Å². The molecular formula is C23H29N3O5. The van der Waals surface area contributed by atoms with Crippen LogP contribution in [0.5, 0.6) is 11.5 Å². The first-order valence-electron chi connectivity index (χ1n) is 11.1. The maximum atomic E-state index is 12.9. The summed E-state index contributed by atoms with van der Waals surface area (Å²) < 4.78 is 16.3. The van der Waals surface area contributed by atoms with Crippen LogP contribution in [0.3, 0.4) is 0 Å². The third-order valence-corrected chi connectivity index (χ3v) is 5.83. The molecule has 8 heteroatoms. The monoisotopic (exact) mass is 427 g/mol. The Morgan fingerprint density at radius 1 is 1.13 bits per heavy atom. The molecule has 8 nitrogen and oxygen atoms in total.